The van der Waals surface area contributed by atoms with E-state index in [1.54, 1.807) is 29.9 Å². The molecule has 5 aromatic rings. The normalized spacial score (nSPS) is 11.5. The number of hydrogen-bond donors (Lipinski definition) is 0. The minimum atomic E-state index is 0.542. The summed E-state index contributed by atoms with van der Waals surface area (Å²) in [6.07, 6.45) is 7.13. The standard InChI is InChI=1S/C26H18N4S/c1-27-26(22-5-3-12-29-17-22)30-24-9-8-19(21-4-2-11-28-16-21)14-23(24)20-7-6-18-10-13-31-25(18)15-20/h2-17H,1H2. The van der Waals surface area contributed by atoms with Crippen molar-refractivity contribution in [1.29, 1.82) is 0 Å². The maximum absolute atomic E-state index is 4.86. The monoisotopic (exact) mass is 418 g/mol. The van der Waals surface area contributed by atoms with Crippen LogP contribution in [0.5, 0.6) is 0 Å². The zero-order chi connectivity index (χ0) is 21.0. The largest absolute Gasteiger partial charge is 0.264 e. The number of aliphatic imine (C=N–C) groups is 2. The zero-order valence-corrected chi connectivity index (χ0v) is 17.5. The number of fused-ring (bicyclic) bond motifs is 1. The van der Waals surface area contributed by atoms with Crippen molar-refractivity contribution in [3.63, 3.8) is 0 Å². The Morgan fingerprint density at radius 2 is 1.65 bits per heavy atom. The first-order valence-electron chi connectivity index (χ1n) is 9.80. The highest BCUT2D eigenvalue weighted by Gasteiger charge is 2.11. The fourth-order valence-corrected chi connectivity index (χ4v) is 4.33. The van der Waals surface area contributed by atoms with Crippen LogP contribution in [0.4, 0.5) is 5.69 Å². The molecule has 0 radical (unpaired) electrons. The molecule has 0 fully saturated rings. The Morgan fingerprint density at radius 1 is 0.806 bits per heavy atom. The molecule has 2 aromatic carbocycles. The van der Waals surface area contributed by atoms with Crippen LogP contribution < -0.4 is 0 Å². The van der Waals surface area contributed by atoms with E-state index in [1.807, 2.05) is 30.5 Å². The van der Waals surface area contributed by atoms with Gasteiger partial charge in [-0.05, 0) is 71.1 Å². The number of aromatic nitrogens is 2. The van der Waals surface area contributed by atoms with Crippen molar-refractivity contribution in [1.82, 2.24) is 9.97 Å². The molecule has 0 N–H and O–H groups in total. The quantitative estimate of drug-likeness (QED) is 0.238. The van der Waals surface area contributed by atoms with E-state index in [9.17, 15) is 0 Å². The summed E-state index contributed by atoms with van der Waals surface area (Å²) >= 11 is 1.74. The smallest absolute Gasteiger partial charge is 0.160 e. The molecule has 0 aliphatic heterocycles. The number of amidine groups is 1. The number of hydrogen-bond acceptors (Lipinski definition) is 4. The predicted molar refractivity (Wildman–Crippen MR) is 130 cm³/mol. The van der Waals surface area contributed by atoms with E-state index in [2.05, 4.69) is 69.5 Å². The van der Waals surface area contributed by atoms with Crippen LogP contribution in [0.3, 0.4) is 0 Å². The van der Waals surface area contributed by atoms with Gasteiger partial charge in [0.2, 0.25) is 0 Å². The van der Waals surface area contributed by atoms with Gasteiger partial charge < -0.3 is 0 Å². The average Bonchev–Trinajstić information content (AvgIpc) is 3.32. The molecule has 148 valence electrons. The van der Waals surface area contributed by atoms with E-state index in [4.69, 9.17) is 4.99 Å². The van der Waals surface area contributed by atoms with Gasteiger partial charge in [0.1, 0.15) is 0 Å². The lowest BCUT2D eigenvalue weighted by Gasteiger charge is -2.11. The van der Waals surface area contributed by atoms with Crippen molar-refractivity contribution in [2.24, 2.45) is 9.98 Å². The third kappa shape index (κ3) is 3.91. The summed E-state index contributed by atoms with van der Waals surface area (Å²) in [6.45, 7) is 3.72. The number of benzene rings is 2. The maximum atomic E-state index is 4.86. The van der Waals surface area contributed by atoms with Crippen LogP contribution in [0.1, 0.15) is 5.56 Å². The van der Waals surface area contributed by atoms with E-state index >= 15 is 0 Å². The first-order valence-corrected chi connectivity index (χ1v) is 10.7. The van der Waals surface area contributed by atoms with Gasteiger partial charge in [0.15, 0.2) is 5.84 Å². The predicted octanol–water partition coefficient (Wildman–Crippen LogP) is 6.80. The van der Waals surface area contributed by atoms with Crippen LogP contribution >= 0.6 is 11.3 Å². The van der Waals surface area contributed by atoms with Gasteiger partial charge in [0, 0.05) is 46.2 Å². The Hall–Kier alpha value is -3.96. The van der Waals surface area contributed by atoms with Gasteiger partial charge in [0.25, 0.3) is 0 Å². The minimum Gasteiger partial charge on any atom is -0.264 e. The fourth-order valence-electron chi connectivity index (χ4n) is 3.50. The Balaban J connectivity index is 1.70. The summed E-state index contributed by atoms with van der Waals surface area (Å²) < 4.78 is 1.24. The SMILES string of the molecule is C=NC(=Nc1ccc(-c2cccnc2)cc1-c1ccc2ccsc2c1)c1cccnc1. The first kappa shape index (κ1) is 19.0. The van der Waals surface area contributed by atoms with Gasteiger partial charge in [-0.3, -0.25) is 9.97 Å². The number of pyridine rings is 2. The topological polar surface area (TPSA) is 50.5 Å². The summed E-state index contributed by atoms with van der Waals surface area (Å²) in [6, 6.07) is 22.7. The van der Waals surface area contributed by atoms with Crippen LogP contribution in [-0.4, -0.2) is 22.5 Å². The zero-order valence-electron chi connectivity index (χ0n) is 16.6. The molecule has 0 amide bonds. The molecule has 0 bridgehead atoms. The highest BCUT2D eigenvalue weighted by Crippen LogP contribution is 2.37. The van der Waals surface area contributed by atoms with Crippen molar-refractivity contribution >= 4 is 39.7 Å². The third-order valence-corrected chi connectivity index (χ3v) is 5.93. The van der Waals surface area contributed by atoms with Gasteiger partial charge in [-0.25, -0.2) is 9.98 Å². The average molecular weight is 419 g/mol. The molecule has 31 heavy (non-hydrogen) atoms. The molecule has 5 rings (SSSR count). The molecule has 0 saturated heterocycles. The maximum Gasteiger partial charge on any atom is 0.160 e. The Labute approximate surface area is 184 Å². The molecule has 5 heteroatoms. The molecule has 0 spiro atoms. The molecule has 4 nitrogen and oxygen atoms in total. The van der Waals surface area contributed by atoms with Crippen LogP contribution in [0.25, 0.3) is 32.3 Å². The molecule has 0 atom stereocenters. The molecule has 0 saturated carbocycles. The second kappa shape index (κ2) is 8.42. The minimum absolute atomic E-state index is 0.542. The van der Waals surface area contributed by atoms with Crippen LogP contribution in [0.15, 0.2) is 107 Å². The van der Waals surface area contributed by atoms with Crippen LogP contribution in [0.2, 0.25) is 0 Å². The molecule has 3 heterocycles. The van der Waals surface area contributed by atoms with E-state index < -0.39 is 0 Å². The highest BCUT2D eigenvalue weighted by molar-refractivity contribution is 7.17. The van der Waals surface area contributed by atoms with Crippen LogP contribution in [0, 0.1) is 0 Å². The Kier molecular flexibility index (Phi) is 5.17. The Bertz CT molecular complexity index is 1390. The van der Waals surface area contributed by atoms with Crippen molar-refractivity contribution in [2.45, 2.75) is 0 Å². The van der Waals surface area contributed by atoms with Gasteiger partial charge in [-0.1, -0.05) is 24.3 Å². The number of nitrogens with zero attached hydrogens (tertiary/aromatic N) is 4. The summed E-state index contributed by atoms with van der Waals surface area (Å²) in [4.78, 5) is 17.5. The molecule has 0 aliphatic rings. The fraction of sp³-hybridized carbons (Fsp3) is 0. The van der Waals surface area contributed by atoms with E-state index in [0.29, 0.717) is 5.84 Å². The first-order chi connectivity index (χ1) is 15.3. The summed E-state index contributed by atoms with van der Waals surface area (Å²) in [7, 11) is 0. The van der Waals surface area contributed by atoms with E-state index in [-0.39, 0.29) is 0 Å². The lowest BCUT2D eigenvalue weighted by Crippen LogP contribution is -1.97. The van der Waals surface area contributed by atoms with E-state index in [0.717, 1.165) is 33.5 Å². The van der Waals surface area contributed by atoms with Gasteiger partial charge in [0.05, 0.1) is 5.69 Å². The van der Waals surface area contributed by atoms with Crippen molar-refractivity contribution in [3.05, 3.63) is 102 Å². The molecule has 3 aromatic heterocycles. The second-order valence-corrected chi connectivity index (χ2v) is 7.93. The molecule has 0 aliphatic carbocycles. The van der Waals surface area contributed by atoms with E-state index in [1.165, 1.54) is 10.1 Å². The number of rotatable bonds is 4. The third-order valence-electron chi connectivity index (χ3n) is 5.05. The lowest BCUT2D eigenvalue weighted by atomic mass is 9.97. The second-order valence-electron chi connectivity index (χ2n) is 6.98. The van der Waals surface area contributed by atoms with Gasteiger partial charge in [-0.2, -0.15) is 0 Å². The molecule has 0 unspecified atom stereocenters. The van der Waals surface area contributed by atoms with Gasteiger partial charge >= 0.3 is 0 Å². The summed E-state index contributed by atoms with van der Waals surface area (Å²) in [5.41, 5.74) is 5.94. The molecular weight excluding hydrogens is 400 g/mol. The van der Waals surface area contributed by atoms with Crippen molar-refractivity contribution < 1.29 is 0 Å². The van der Waals surface area contributed by atoms with Crippen molar-refractivity contribution in [2.75, 3.05) is 0 Å². The number of thiophene rings is 1. The van der Waals surface area contributed by atoms with Crippen molar-refractivity contribution in [3.8, 4) is 22.3 Å². The lowest BCUT2D eigenvalue weighted by molar-refractivity contribution is 1.30. The van der Waals surface area contributed by atoms with Gasteiger partial charge in [-0.15, -0.1) is 11.3 Å². The Morgan fingerprint density at radius 3 is 2.42 bits per heavy atom. The highest BCUT2D eigenvalue weighted by atomic mass is 32.1. The summed E-state index contributed by atoms with van der Waals surface area (Å²) in [5.74, 6) is 0.542. The van der Waals surface area contributed by atoms with Crippen LogP contribution in [-0.2, 0) is 0 Å². The molecular formula is C26H18N4S. The summed E-state index contributed by atoms with van der Waals surface area (Å²) in [5, 5.41) is 3.35.